The topological polar surface area (TPSA) is 40.1 Å². The molecule has 0 spiro atoms. The number of aliphatic carboxylic acids is 1. The van der Waals surface area contributed by atoms with Gasteiger partial charge in [-0.1, -0.05) is 0 Å². The first-order chi connectivity index (χ1) is 1.73. The summed E-state index contributed by atoms with van der Waals surface area (Å²) >= 11 is 0. The van der Waals surface area contributed by atoms with Gasteiger partial charge in [0.1, 0.15) is 0 Å². The summed E-state index contributed by atoms with van der Waals surface area (Å²) in [6, 6.07) is 0. The number of carbonyl (C=O) groups excluding carboxylic acids is 1. The predicted molar refractivity (Wildman–Crippen MR) is 10.7 cm³/mol. The predicted octanol–water partition coefficient (Wildman–Crippen LogP) is -1.24. The number of rotatable bonds is 0. The molecule has 5 heavy (non-hydrogen) atoms. The van der Waals surface area contributed by atoms with Gasteiger partial charge in [0.15, 0.2) is 0 Å². The van der Waals surface area contributed by atoms with Crippen LogP contribution in [-0.2, 0) is 4.79 Å². The van der Waals surface area contributed by atoms with E-state index in [-0.39, 0.29) is 36.9 Å². The van der Waals surface area contributed by atoms with E-state index in [4.69, 9.17) is 9.90 Å². The monoisotopic (exact) mass is 228 g/mol. The minimum absolute atomic E-state index is 0. The zero-order valence-corrected chi connectivity index (χ0v) is 4.37. The number of carboxylic acid groups (broad SMARTS) is 1. The third kappa shape index (κ3) is 69.4. The van der Waals surface area contributed by atoms with Crippen molar-refractivity contribution in [3.8, 4) is 0 Å². The van der Waals surface area contributed by atoms with Crippen LogP contribution in [0, 0.1) is 36.9 Å². The smallest absolute Gasteiger partial charge is 0.550 e. The van der Waals surface area contributed by atoms with Crippen molar-refractivity contribution in [1.82, 2.24) is 0 Å². The fraction of sp³-hybridized carbons (Fsp3) is 0.500. The van der Waals surface area contributed by atoms with E-state index in [1.807, 2.05) is 0 Å². The Kier molecular flexibility index (Phi) is 8.65. The van der Waals surface area contributed by atoms with Crippen LogP contribution in [0.3, 0.4) is 0 Å². The maximum atomic E-state index is 8.89. The summed E-state index contributed by atoms with van der Waals surface area (Å²) in [6.45, 7) is 0.972. The zero-order chi connectivity index (χ0) is 3.58. The summed E-state index contributed by atoms with van der Waals surface area (Å²) in [5.74, 6) is -1.08. The minimum Gasteiger partial charge on any atom is -0.550 e. The second-order valence-corrected chi connectivity index (χ2v) is 0.492. The van der Waals surface area contributed by atoms with Gasteiger partial charge >= 0.3 is 36.9 Å². The summed E-state index contributed by atoms with van der Waals surface area (Å²) in [7, 11) is 0. The average Bonchev–Trinajstić information content (AvgIpc) is 0.811. The Morgan fingerprint density at radius 1 is 1.80 bits per heavy atom. The molecule has 0 saturated carbocycles. The van der Waals surface area contributed by atoms with Gasteiger partial charge in [-0.05, 0) is 6.92 Å². The van der Waals surface area contributed by atoms with Crippen molar-refractivity contribution in [3.63, 3.8) is 0 Å². The normalized spacial score (nSPS) is 5.00. The van der Waals surface area contributed by atoms with E-state index in [0.717, 1.165) is 6.92 Å². The summed E-state index contributed by atoms with van der Waals surface area (Å²) in [5.41, 5.74) is 0. The number of carboxylic acids is 1. The molecule has 0 aromatic heterocycles. The van der Waals surface area contributed by atoms with Gasteiger partial charge < -0.3 is 9.90 Å². The quantitative estimate of drug-likeness (QED) is 0.520. The fourth-order valence-electron chi connectivity index (χ4n) is 0. The molecule has 0 saturated heterocycles. The van der Waals surface area contributed by atoms with E-state index in [2.05, 4.69) is 0 Å². The average molecular weight is 228 g/mol. The summed E-state index contributed by atoms with van der Waals surface area (Å²) in [4.78, 5) is 8.89. The summed E-state index contributed by atoms with van der Waals surface area (Å²) in [6.07, 6.45) is 0. The molecule has 0 bridgehead atoms. The standard InChI is InChI=1S/C2H4O2.Tm/c1-2(3)4;/h1H3,(H,3,4);/q;+3/p-1. The van der Waals surface area contributed by atoms with Crippen molar-refractivity contribution in [2.24, 2.45) is 0 Å². The van der Waals surface area contributed by atoms with E-state index >= 15 is 0 Å². The molecule has 0 unspecified atom stereocenters. The molecule has 34 valence electrons. The third-order valence-corrected chi connectivity index (χ3v) is 0. The fourth-order valence-corrected chi connectivity index (χ4v) is 0. The van der Waals surface area contributed by atoms with E-state index in [9.17, 15) is 0 Å². The second kappa shape index (κ2) is 4.70. The van der Waals surface area contributed by atoms with Gasteiger partial charge in [0.25, 0.3) is 0 Å². The Balaban J connectivity index is 0. The van der Waals surface area contributed by atoms with Crippen molar-refractivity contribution in [3.05, 3.63) is 0 Å². The zero-order valence-electron chi connectivity index (χ0n) is 2.59. The van der Waals surface area contributed by atoms with Crippen LogP contribution in [-0.4, -0.2) is 5.97 Å². The largest absolute Gasteiger partial charge is 3.00 e. The van der Waals surface area contributed by atoms with E-state index in [1.54, 1.807) is 0 Å². The van der Waals surface area contributed by atoms with Gasteiger partial charge in [-0.3, -0.25) is 0 Å². The summed E-state index contributed by atoms with van der Waals surface area (Å²) in [5, 5.41) is 8.89. The van der Waals surface area contributed by atoms with Crippen LogP contribution in [0.25, 0.3) is 0 Å². The van der Waals surface area contributed by atoms with Crippen LogP contribution in [0.2, 0.25) is 0 Å². The van der Waals surface area contributed by atoms with Gasteiger partial charge in [0.05, 0.1) is 0 Å². The SMILES string of the molecule is CC(=O)[O-].[Tm+3]. The van der Waals surface area contributed by atoms with Gasteiger partial charge in [0, 0.05) is 5.97 Å². The molecule has 0 fully saturated rings. The first-order valence-corrected chi connectivity index (χ1v) is 0.908. The van der Waals surface area contributed by atoms with Crippen LogP contribution >= 0.6 is 0 Å². The molecule has 0 atom stereocenters. The number of hydrogen-bond donors (Lipinski definition) is 0. The van der Waals surface area contributed by atoms with Gasteiger partial charge in [0.2, 0.25) is 0 Å². The molecule has 0 aliphatic rings. The minimum atomic E-state index is -1.08. The Hall–Kier alpha value is 0.704. The first kappa shape index (κ1) is 9.20. The first-order valence-electron chi connectivity index (χ1n) is 0.908. The molecule has 0 heterocycles. The Morgan fingerprint density at radius 3 is 1.80 bits per heavy atom. The molecule has 0 rings (SSSR count). The van der Waals surface area contributed by atoms with Crippen molar-refractivity contribution in [2.75, 3.05) is 0 Å². The van der Waals surface area contributed by atoms with Crippen molar-refractivity contribution >= 4 is 5.97 Å². The van der Waals surface area contributed by atoms with E-state index in [1.165, 1.54) is 0 Å². The van der Waals surface area contributed by atoms with Crippen LogP contribution in [0.1, 0.15) is 6.92 Å². The molecule has 0 aromatic rings. The Morgan fingerprint density at radius 2 is 1.80 bits per heavy atom. The van der Waals surface area contributed by atoms with Crippen LogP contribution in [0.5, 0.6) is 0 Å². The molecular weight excluding hydrogens is 225 g/mol. The Labute approximate surface area is 59.4 Å². The van der Waals surface area contributed by atoms with Crippen molar-refractivity contribution in [2.45, 2.75) is 6.92 Å². The van der Waals surface area contributed by atoms with E-state index < -0.39 is 5.97 Å². The summed E-state index contributed by atoms with van der Waals surface area (Å²) < 4.78 is 0. The van der Waals surface area contributed by atoms with Crippen molar-refractivity contribution in [1.29, 1.82) is 0 Å². The number of carbonyl (C=O) groups is 1. The van der Waals surface area contributed by atoms with E-state index in [0.29, 0.717) is 0 Å². The molecule has 3 heteroatoms. The molecule has 0 aliphatic heterocycles. The maximum absolute atomic E-state index is 8.89. The van der Waals surface area contributed by atoms with Gasteiger partial charge in [-0.2, -0.15) is 0 Å². The van der Waals surface area contributed by atoms with Gasteiger partial charge in [-0.25, -0.2) is 0 Å². The molecular formula is C2H3O2Tm+2. The van der Waals surface area contributed by atoms with Crippen LogP contribution in [0.4, 0.5) is 0 Å². The molecule has 0 aromatic carbocycles. The Bertz CT molecular complexity index is 30.6. The molecule has 0 aliphatic carbocycles. The molecule has 2 nitrogen and oxygen atoms in total. The maximum Gasteiger partial charge on any atom is 3.00 e. The van der Waals surface area contributed by atoms with Gasteiger partial charge in [-0.15, -0.1) is 0 Å². The molecule has 0 radical (unpaired) electrons. The number of hydrogen-bond acceptors (Lipinski definition) is 2. The third-order valence-electron chi connectivity index (χ3n) is 0. The van der Waals surface area contributed by atoms with Crippen LogP contribution in [0.15, 0.2) is 0 Å². The second-order valence-electron chi connectivity index (χ2n) is 0.492. The van der Waals surface area contributed by atoms with Crippen molar-refractivity contribution < 1.29 is 46.8 Å². The molecule has 0 amide bonds. The van der Waals surface area contributed by atoms with Crippen LogP contribution < -0.4 is 5.11 Å². The molecule has 0 N–H and O–H groups in total.